The van der Waals surface area contributed by atoms with Crippen LogP contribution in [0.15, 0.2) is 194 Å². The maximum absolute atomic E-state index is 11.8. The predicted molar refractivity (Wildman–Crippen MR) is 284 cm³/mol. The maximum atomic E-state index is 11.8. The lowest BCUT2D eigenvalue weighted by molar-refractivity contribution is 0.463. The monoisotopic (exact) mass is 859 g/mol. The number of phenols is 2. The Morgan fingerprint density at radius 2 is 0.821 bits per heavy atom. The van der Waals surface area contributed by atoms with Crippen LogP contribution in [0.25, 0.3) is 111 Å². The molecule has 0 bridgehead atoms. The van der Waals surface area contributed by atoms with E-state index >= 15 is 0 Å². The van der Waals surface area contributed by atoms with Crippen LogP contribution in [0, 0.1) is 0 Å². The van der Waals surface area contributed by atoms with Crippen LogP contribution in [0.4, 0.5) is 0 Å². The molecule has 0 aliphatic rings. The van der Waals surface area contributed by atoms with Gasteiger partial charge in [0.05, 0.1) is 22.1 Å². The van der Waals surface area contributed by atoms with Crippen LogP contribution in [0.1, 0.15) is 0 Å². The number of hydrogen-bond acceptors (Lipinski definition) is 5. The van der Waals surface area contributed by atoms with Gasteiger partial charge in [0.15, 0.2) is 11.6 Å². The molecule has 0 saturated heterocycles. The van der Waals surface area contributed by atoms with Gasteiger partial charge in [0.1, 0.15) is 35.0 Å². The molecule has 10 heteroatoms. The van der Waals surface area contributed by atoms with E-state index in [-0.39, 0.29) is 11.5 Å². The quantitative estimate of drug-likeness (QED) is 0.157. The Bertz CT molecular complexity index is 3900. The van der Waals surface area contributed by atoms with Gasteiger partial charge in [0.2, 0.25) is 5.95 Å². The van der Waals surface area contributed by atoms with Gasteiger partial charge >= 0.3 is 0 Å². The third kappa shape index (κ3) is 6.51. The summed E-state index contributed by atoms with van der Waals surface area (Å²) in [5, 5.41) is 27.2. The maximum Gasteiger partial charge on any atom is 0.238 e. The first kappa shape index (κ1) is 39.9. The van der Waals surface area contributed by atoms with Gasteiger partial charge in [-0.1, -0.05) is 169 Å². The molecular formula is C57H40B3N5O2. The van der Waals surface area contributed by atoms with Crippen molar-refractivity contribution in [2.24, 2.45) is 0 Å². The molecule has 12 aromatic rings. The van der Waals surface area contributed by atoms with E-state index in [0.717, 1.165) is 99.2 Å². The molecule has 3 heterocycles. The van der Waals surface area contributed by atoms with Crippen molar-refractivity contribution < 1.29 is 10.2 Å². The molecule has 0 aliphatic carbocycles. The van der Waals surface area contributed by atoms with E-state index in [9.17, 15) is 10.2 Å². The summed E-state index contributed by atoms with van der Waals surface area (Å²) in [4.78, 5) is 15.9. The third-order valence-corrected chi connectivity index (χ3v) is 13.4. The van der Waals surface area contributed by atoms with E-state index in [2.05, 4.69) is 149 Å². The molecule has 67 heavy (non-hydrogen) atoms. The summed E-state index contributed by atoms with van der Waals surface area (Å²) in [6, 6.07) is 67.2. The number of rotatable bonds is 7. The Morgan fingerprint density at radius 3 is 1.46 bits per heavy atom. The van der Waals surface area contributed by atoms with Gasteiger partial charge in [-0.15, -0.1) is 0 Å². The molecule has 9 aromatic carbocycles. The normalized spacial score (nSPS) is 11.6. The van der Waals surface area contributed by atoms with Crippen LogP contribution in [0.3, 0.4) is 0 Å². The largest absolute Gasteiger partial charge is 0.509 e. The molecule has 0 unspecified atom stereocenters. The molecule has 0 aliphatic heterocycles. The van der Waals surface area contributed by atoms with Gasteiger partial charge < -0.3 is 14.8 Å². The van der Waals surface area contributed by atoms with Crippen LogP contribution in [-0.2, 0) is 0 Å². The Balaban J connectivity index is 1.20. The molecule has 314 valence electrons. The molecule has 7 nitrogen and oxygen atoms in total. The lowest BCUT2D eigenvalue weighted by Crippen LogP contribution is -2.32. The van der Waals surface area contributed by atoms with Crippen molar-refractivity contribution in [2.45, 2.75) is 0 Å². The van der Waals surface area contributed by atoms with Crippen LogP contribution in [0.5, 0.6) is 11.5 Å². The molecule has 0 amide bonds. The van der Waals surface area contributed by atoms with Crippen molar-refractivity contribution in [3.05, 3.63) is 194 Å². The van der Waals surface area contributed by atoms with Crippen molar-refractivity contribution in [3.63, 3.8) is 0 Å². The van der Waals surface area contributed by atoms with E-state index in [1.807, 2.05) is 70.3 Å². The highest BCUT2D eigenvalue weighted by atomic mass is 16.3. The van der Waals surface area contributed by atoms with Gasteiger partial charge in [-0.25, -0.2) is 4.98 Å². The van der Waals surface area contributed by atoms with Crippen LogP contribution < -0.4 is 16.4 Å². The molecule has 0 spiro atoms. The summed E-state index contributed by atoms with van der Waals surface area (Å²) in [7, 11) is 5.63. The number of fused-ring (bicyclic) bond motifs is 7. The predicted octanol–water partition coefficient (Wildman–Crippen LogP) is 8.59. The summed E-state index contributed by atoms with van der Waals surface area (Å²) in [6.45, 7) is 0. The second-order valence-corrected chi connectivity index (χ2v) is 17.2. The lowest BCUT2D eigenvalue weighted by Gasteiger charge is -2.20. The fourth-order valence-corrected chi connectivity index (χ4v) is 9.91. The molecular weight excluding hydrogens is 819 g/mol. The van der Waals surface area contributed by atoms with Crippen molar-refractivity contribution >= 4 is 83.5 Å². The highest BCUT2D eigenvalue weighted by Crippen LogP contribution is 2.43. The third-order valence-electron chi connectivity index (χ3n) is 13.4. The first-order valence-electron chi connectivity index (χ1n) is 22.5. The van der Waals surface area contributed by atoms with Gasteiger partial charge in [-0.2, -0.15) is 9.97 Å². The second kappa shape index (κ2) is 15.8. The zero-order valence-electron chi connectivity index (χ0n) is 37.1. The second-order valence-electron chi connectivity index (χ2n) is 17.2. The first-order chi connectivity index (χ1) is 32.8. The van der Waals surface area contributed by atoms with E-state index in [4.69, 9.17) is 15.0 Å². The number of aromatic hydroxyl groups is 2. The molecule has 3 aromatic heterocycles. The summed E-state index contributed by atoms with van der Waals surface area (Å²) in [5.74, 6) is 1.81. The molecule has 0 atom stereocenters. The number of benzene rings is 9. The summed E-state index contributed by atoms with van der Waals surface area (Å²) in [5.41, 5.74) is 14.3. The number of nitrogens with zero attached hydrogens (tertiary/aromatic N) is 5. The molecule has 0 radical (unpaired) electrons. The van der Waals surface area contributed by atoms with Gasteiger partial charge in [0, 0.05) is 43.9 Å². The van der Waals surface area contributed by atoms with Crippen LogP contribution >= 0.6 is 0 Å². The minimum Gasteiger partial charge on any atom is -0.509 e. The molecule has 0 saturated carbocycles. The Hall–Kier alpha value is -8.62. The van der Waals surface area contributed by atoms with Crippen LogP contribution in [-0.4, -0.2) is 57.8 Å². The topological polar surface area (TPSA) is 89.0 Å². The Labute approximate surface area is 389 Å². The average molecular weight is 859 g/mol. The van der Waals surface area contributed by atoms with Gasteiger partial charge in [-0.3, -0.25) is 4.57 Å². The fourth-order valence-electron chi connectivity index (χ4n) is 9.91. The van der Waals surface area contributed by atoms with E-state index in [1.165, 1.54) is 0 Å². The summed E-state index contributed by atoms with van der Waals surface area (Å²) >= 11 is 0. The molecule has 12 rings (SSSR count). The highest BCUT2D eigenvalue weighted by Gasteiger charge is 2.25. The van der Waals surface area contributed by atoms with E-state index in [0.29, 0.717) is 28.6 Å². The molecule has 2 N–H and O–H groups in total. The lowest BCUT2D eigenvalue weighted by atomic mass is 9.71. The fraction of sp³-hybridized carbons (Fsp3) is 0. The van der Waals surface area contributed by atoms with E-state index in [1.54, 1.807) is 7.85 Å². The number of para-hydroxylation sites is 2. The van der Waals surface area contributed by atoms with Crippen molar-refractivity contribution in [3.8, 4) is 79.3 Å². The number of phenolic OH excluding ortho intramolecular Hbond substituents is 2. The smallest absolute Gasteiger partial charge is 0.238 e. The minimum absolute atomic E-state index is 0.0654. The Morgan fingerprint density at radius 1 is 0.343 bits per heavy atom. The summed E-state index contributed by atoms with van der Waals surface area (Å²) < 4.78 is 4.57. The first-order valence-corrected chi connectivity index (χ1v) is 22.5. The van der Waals surface area contributed by atoms with Crippen molar-refractivity contribution in [2.75, 3.05) is 0 Å². The zero-order chi connectivity index (χ0) is 45.3. The van der Waals surface area contributed by atoms with Crippen molar-refractivity contribution in [1.29, 1.82) is 0 Å². The average Bonchev–Trinajstić information content (AvgIpc) is 3.91. The molecule has 0 fully saturated rings. The van der Waals surface area contributed by atoms with Gasteiger partial charge in [-0.05, 0) is 69.7 Å². The van der Waals surface area contributed by atoms with Crippen LogP contribution in [0.2, 0.25) is 0 Å². The SMILES string of the molecule is Bc1c(B)c(-c2cc(-c3ccccc3)cc(-n3c4ccccc4c4ccc5c6ccccc6n(-c6nc(-c7ccccc7)nc(-c7cccc(-c8ccccc8)c7)n6)c5c43)c2)c(O)c(B)c1O. The highest BCUT2D eigenvalue weighted by molar-refractivity contribution is 6.55. The number of hydrogen-bond donors (Lipinski definition) is 2. The number of aromatic nitrogens is 5. The standard InChI is InChI=1S/C57H40B3N5O2/c58-48-47(53(66)50(60)54(67)49(48)59)39-30-38(34-17-6-2-7-18-34)31-40(32-39)64-45-25-12-10-23-41(45)43-27-28-44-42-24-11-13-26-46(42)65(52(44)51(43)64)57-62-55(35-19-8-3-9-20-35)61-56(63-57)37-22-14-21-36(29-37)33-15-4-1-5-16-33/h1-32,66-67H,58-60H2. The zero-order valence-corrected chi connectivity index (χ0v) is 37.1. The Kier molecular flexibility index (Phi) is 9.43. The van der Waals surface area contributed by atoms with Crippen molar-refractivity contribution in [1.82, 2.24) is 24.1 Å². The minimum atomic E-state index is 0.0654. The summed E-state index contributed by atoms with van der Waals surface area (Å²) in [6.07, 6.45) is 0. The van der Waals surface area contributed by atoms with Gasteiger partial charge in [0.25, 0.3) is 0 Å². The van der Waals surface area contributed by atoms with E-state index < -0.39 is 0 Å².